The first-order chi connectivity index (χ1) is 27.4. The van der Waals surface area contributed by atoms with Crippen LogP contribution in [0.2, 0.25) is 0 Å². The van der Waals surface area contributed by atoms with Gasteiger partial charge in [-0.1, -0.05) is 154 Å². The Morgan fingerprint density at radius 3 is 1.86 bits per heavy atom. The number of hydrogen-bond acceptors (Lipinski definition) is 5. The SMILES string of the molecule is [2H]C([2H])([2H])C([2H])([2H])C([2H])([2H])C([2H])([2H])CCCC/C=C\CCCCCCCC(=O)N[C@@H](COP(=O)(O)OCC[N+](C)(C)C)[C@H](O)/C=C/CCCCCCCCCCCCC. The Labute approximate surface area is 322 Å². The smallest absolute Gasteiger partial charge is 0.387 e. The van der Waals surface area contributed by atoms with Crippen molar-refractivity contribution in [3.8, 4) is 0 Å². The summed E-state index contributed by atoms with van der Waals surface area (Å²) in [6, 6.07) is -0.928. The third-order valence-corrected chi connectivity index (χ3v) is 9.50. The molecule has 0 aromatic heterocycles. The zero-order valence-electron chi connectivity index (χ0n) is 41.3. The summed E-state index contributed by atoms with van der Waals surface area (Å²) in [5.41, 5.74) is 0. The molecule has 0 aliphatic carbocycles. The van der Waals surface area contributed by atoms with Gasteiger partial charge >= 0.3 is 7.82 Å². The number of carbonyl (C=O) groups is 1. The van der Waals surface area contributed by atoms with E-state index < -0.39 is 45.9 Å². The van der Waals surface area contributed by atoms with Gasteiger partial charge in [0.25, 0.3) is 0 Å². The van der Waals surface area contributed by atoms with E-state index in [4.69, 9.17) is 21.4 Å². The van der Waals surface area contributed by atoms with E-state index in [9.17, 15) is 19.4 Å². The molecule has 0 aromatic rings. The van der Waals surface area contributed by atoms with E-state index in [0.29, 0.717) is 30.3 Å². The average molecular weight is 739 g/mol. The van der Waals surface area contributed by atoms with E-state index in [2.05, 4.69) is 12.2 Å². The Morgan fingerprint density at radius 2 is 1.30 bits per heavy atom. The molecular weight excluding hydrogens is 647 g/mol. The molecule has 1 amide bonds. The number of allylic oxidation sites excluding steroid dienone is 3. The number of quaternary nitrogens is 1. The lowest BCUT2D eigenvalue weighted by molar-refractivity contribution is -0.870. The van der Waals surface area contributed by atoms with Gasteiger partial charge in [-0.3, -0.25) is 13.8 Å². The molecule has 3 atom stereocenters. The molecule has 0 bridgehead atoms. The van der Waals surface area contributed by atoms with Gasteiger partial charge in [0.05, 0.1) is 39.9 Å². The van der Waals surface area contributed by atoms with Crippen molar-refractivity contribution < 1.29 is 45.2 Å². The second-order valence-electron chi connectivity index (χ2n) is 14.5. The predicted octanol–water partition coefficient (Wildman–Crippen LogP) is 11.0. The predicted molar refractivity (Wildman–Crippen MR) is 212 cm³/mol. The van der Waals surface area contributed by atoms with E-state index in [1.807, 2.05) is 39.4 Å². The molecule has 3 N–H and O–H groups in total. The van der Waals surface area contributed by atoms with Crippen LogP contribution < -0.4 is 5.32 Å². The van der Waals surface area contributed by atoms with Crippen molar-refractivity contribution in [3.63, 3.8) is 0 Å². The van der Waals surface area contributed by atoms with Crippen LogP contribution in [0.25, 0.3) is 0 Å². The van der Waals surface area contributed by atoms with Crippen LogP contribution in [0.4, 0.5) is 0 Å². The lowest BCUT2D eigenvalue weighted by Crippen LogP contribution is -2.45. The Bertz CT molecular complexity index is 1220. The molecule has 0 aliphatic heterocycles. The van der Waals surface area contributed by atoms with Crippen LogP contribution in [0.1, 0.15) is 193 Å². The van der Waals surface area contributed by atoms with Gasteiger partial charge in [0.1, 0.15) is 13.2 Å². The highest BCUT2D eigenvalue weighted by atomic mass is 31.2. The molecule has 0 radical (unpaired) electrons. The fourth-order valence-corrected chi connectivity index (χ4v) is 6.07. The number of nitrogens with one attached hydrogen (secondary N) is 1. The van der Waals surface area contributed by atoms with Crippen molar-refractivity contribution in [3.05, 3.63) is 24.3 Å². The monoisotopic (exact) mass is 739 g/mol. The second-order valence-corrected chi connectivity index (χ2v) is 15.9. The zero-order chi connectivity index (χ0) is 45.1. The quantitative estimate of drug-likeness (QED) is 0.0254. The third kappa shape index (κ3) is 35.4. The molecule has 50 heavy (non-hydrogen) atoms. The van der Waals surface area contributed by atoms with Gasteiger partial charge in [-0.2, -0.15) is 0 Å². The topological polar surface area (TPSA) is 105 Å². The molecule has 0 heterocycles. The summed E-state index contributed by atoms with van der Waals surface area (Å²) < 4.78 is 92.6. The molecule has 296 valence electrons. The highest BCUT2D eigenvalue weighted by molar-refractivity contribution is 7.47. The number of phosphoric acid groups is 1. The number of phosphoric ester groups is 1. The van der Waals surface area contributed by atoms with Crippen molar-refractivity contribution in [1.82, 2.24) is 5.32 Å². The zero-order valence-corrected chi connectivity index (χ0v) is 33.2. The summed E-state index contributed by atoms with van der Waals surface area (Å²) in [5, 5.41) is 13.7. The second kappa shape index (κ2) is 33.8. The number of carbonyl (C=O) groups excluding carboxylic acids is 1. The molecule has 0 aliphatic rings. The maximum Gasteiger partial charge on any atom is 0.472 e. The highest BCUT2D eigenvalue weighted by Gasteiger charge is 2.27. The van der Waals surface area contributed by atoms with Crippen LogP contribution in [0.3, 0.4) is 0 Å². The van der Waals surface area contributed by atoms with Crippen LogP contribution in [0, 0.1) is 0 Å². The first-order valence-corrected chi connectivity index (χ1v) is 21.1. The highest BCUT2D eigenvalue weighted by Crippen LogP contribution is 2.43. The first kappa shape index (κ1) is 34.7. The summed E-state index contributed by atoms with van der Waals surface area (Å²) in [7, 11) is 1.40. The summed E-state index contributed by atoms with van der Waals surface area (Å²) in [5.74, 6) is -0.279. The summed E-state index contributed by atoms with van der Waals surface area (Å²) in [4.78, 5) is 23.1. The molecular formula is C41H82N2O6P+. The van der Waals surface area contributed by atoms with Crippen molar-refractivity contribution >= 4 is 13.7 Å². The van der Waals surface area contributed by atoms with Crippen LogP contribution in [0.15, 0.2) is 24.3 Å². The Hall–Kier alpha value is -1.02. The number of hydrogen-bond donors (Lipinski definition) is 3. The van der Waals surface area contributed by atoms with Crippen molar-refractivity contribution in [2.45, 2.75) is 193 Å². The normalized spacial score (nSPS) is 18.6. The molecule has 0 spiro atoms. The maximum atomic E-state index is 12.9. The fourth-order valence-electron chi connectivity index (χ4n) is 5.34. The van der Waals surface area contributed by atoms with E-state index in [1.165, 1.54) is 57.8 Å². The molecule has 0 aromatic carbocycles. The molecule has 1 unspecified atom stereocenters. The van der Waals surface area contributed by atoms with Crippen molar-refractivity contribution in [2.24, 2.45) is 0 Å². The van der Waals surface area contributed by atoms with Crippen LogP contribution >= 0.6 is 7.82 Å². The van der Waals surface area contributed by atoms with Gasteiger partial charge in [0.15, 0.2) is 0 Å². The van der Waals surface area contributed by atoms with E-state index in [-0.39, 0.29) is 38.4 Å². The van der Waals surface area contributed by atoms with Gasteiger partial charge in [0.2, 0.25) is 5.91 Å². The summed E-state index contributed by atoms with van der Waals surface area (Å²) >= 11 is 0. The number of rotatable bonds is 37. The van der Waals surface area contributed by atoms with Crippen molar-refractivity contribution in [2.75, 3.05) is 40.9 Å². The van der Waals surface area contributed by atoms with E-state index in [1.54, 1.807) is 6.08 Å². The first-order valence-electron chi connectivity index (χ1n) is 24.1. The molecule has 0 fully saturated rings. The fraction of sp³-hybridized carbons (Fsp3) is 0.878. The number of amides is 1. The number of aliphatic hydroxyl groups is 1. The van der Waals surface area contributed by atoms with E-state index >= 15 is 0 Å². The Kier molecular flexibility index (Phi) is 23.5. The minimum absolute atomic E-state index is 0.0112. The Balaban J connectivity index is 4.63. The number of nitrogens with zero attached hydrogens (tertiary/aromatic N) is 1. The average Bonchev–Trinajstić information content (AvgIpc) is 3.12. The van der Waals surface area contributed by atoms with Gasteiger partial charge in [-0.25, -0.2) is 4.57 Å². The third-order valence-electron chi connectivity index (χ3n) is 8.51. The minimum Gasteiger partial charge on any atom is -0.387 e. The minimum atomic E-state index is -4.40. The summed E-state index contributed by atoms with van der Waals surface area (Å²) in [6.45, 7) is -0.941. The Morgan fingerprint density at radius 1 is 0.780 bits per heavy atom. The van der Waals surface area contributed by atoms with Crippen LogP contribution in [0.5, 0.6) is 0 Å². The molecule has 8 nitrogen and oxygen atoms in total. The van der Waals surface area contributed by atoms with Crippen LogP contribution in [-0.2, 0) is 18.4 Å². The van der Waals surface area contributed by atoms with Gasteiger partial charge in [0, 0.05) is 18.8 Å². The molecule has 0 saturated heterocycles. The molecule has 9 heteroatoms. The number of unbranched alkanes of at least 4 members (excludes halogenated alkanes) is 18. The molecule has 0 rings (SSSR count). The van der Waals surface area contributed by atoms with E-state index in [0.717, 1.165) is 51.4 Å². The lowest BCUT2D eigenvalue weighted by Gasteiger charge is -2.25. The number of aliphatic hydroxyl groups excluding tert-OH is 1. The lowest BCUT2D eigenvalue weighted by atomic mass is 10.0. The van der Waals surface area contributed by atoms with Gasteiger partial charge < -0.3 is 19.8 Å². The van der Waals surface area contributed by atoms with Gasteiger partial charge in [-0.15, -0.1) is 0 Å². The maximum absolute atomic E-state index is 12.9. The van der Waals surface area contributed by atoms with Gasteiger partial charge in [-0.05, 0) is 44.9 Å². The summed E-state index contributed by atoms with van der Waals surface area (Å²) in [6.07, 6.45) is 18.4. The van der Waals surface area contributed by atoms with Crippen molar-refractivity contribution in [1.29, 1.82) is 0 Å². The number of likely N-dealkylation sites (N-methyl/N-ethyl adjacent to an activating group) is 1. The largest absolute Gasteiger partial charge is 0.472 e. The molecule has 0 saturated carbocycles. The standard InChI is InChI=1S/C41H81N2O6P/c1-6-8-10-12-14-16-18-20-21-23-25-27-29-31-33-35-41(45)42-39(38-49-50(46,47)48-37-36-43(3,4)5)40(44)34-32-30-28-26-24-22-19-17-15-13-11-9-7-2/h20-21,32,34,39-40,44H,6-19,22-31,33,35-38H2,1-5H3,(H-,42,45,46,47)/p+1/b21-20-,34-32+/t39-,40+/m0/s1/i1D3,6D2,8D2,10D2. The van der Waals surface area contributed by atoms with Crippen LogP contribution in [-0.4, -0.2) is 73.4 Å².